The quantitative estimate of drug-likeness (QED) is 0.640. The molecule has 1 aromatic carbocycles. The number of rotatable bonds is 4. The molecule has 116 valence electrons. The molecule has 2 heterocycles. The van der Waals surface area contributed by atoms with Crippen LogP contribution in [0.2, 0.25) is 0 Å². The minimum atomic E-state index is -0.412. The van der Waals surface area contributed by atoms with E-state index in [0.29, 0.717) is 23.6 Å². The van der Waals surface area contributed by atoms with Gasteiger partial charge in [-0.25, -0.2) is 0 Å². The Kier molecular flexibility index (Phi) is 4.65. The number of ether oxygens (including phenoxy) is 2. The molecule has 0 saturated heterocycles. The fourth-order valence-corrected chi connectivity index (χ4v) is 3.10. The summed E-state index contributed by atoms with van der Waals surface area (Å²) in [4.78, 5) is 13.2. The smallest absolute Gasteiger partial charge is 0.262 e. The van der Waals surface area contributed by atoms with Crippen LogP contribution in [0.1, 0.15) is 10.4 Å². The molecule has 1 amide bonds. The van der Waals surface area contributed by atoms with Crippen LogP contribution < -0.4 is 14.8 Å². The van der Waals surface area contributed by atoms with Crippen molar-refractivity contribution in [3.05, 3.63) is 50.1 Å². The van der Waals surface area contributed by atoms with E-state index in [1.54, 1.807) is 23.5 Å². The lowest BCUT2D eigenvalue weighted by Crippen LogP contribution is -2.23. The topological polar surface area (TPSA) is 71.3 Å². The fraction of sp³-hybridized carbons (Fsp3) is 0.125. The highest BCUT2D eigenvalue weighted by Gasteiger charge is 2.17. The van der Waals surface area contributed by atoms with Crippen molar-refractivity contribution in [2.45, 2.75) is 6.54 Å². The summed E-state index contributed by atoms with van der Waals surface area (Å²) in [7, 11) is 0. The van der Waals surface area contributed by atoms with Crippen LogP contribution in [0.25, 0.3) is 6.08 Å². The van der Waals surface area contributed by atoms with E-state index >= 15 is 0 Å². The summed E-state index contributed by atoms with van der Waals surface area (Å²) in [5, 5.41) is 13.9. The number of nitrogens with zero attached hydrogens (tertiary/aromatic N) is 1. The highest BCUT2D eigenvalue weighted by Crippen LogP contribution is 2.37. The van der Waals surface area contributed by atoms with Crippen molar-refractivity contribution in [2.24, 2.45) is 0 Å². The molecule has 0 saturated carbocycles. The van der Waals surface area contributed by atoms with Crippen LogP contribution in [0, 0.1) is 11.3 Å². The Morgan fingerprint density at radius 1 is 1.43 bits per heavy atom. The monoisotopic (exact) mass is 390 g/mol. The van der Waals surface area contributed by atoms with Crippen molar-refractivity contribution < 1.29 is 14.3 Å². The molecule has 0 aliphatic carbocycles. The summed E-state index contributed by atoms with van der Waals surface area (Å²) in [6.07, 6.45) is 1.52. The van der Waals surface area contributed by atoms with E-state index in [-0.39, 0.29) is 12.4 Å². The lowest BCUT2D eigenvalue weighted by Gasteiger charge is -2.05. The standard InChI is InChI=1S/C16H11BrN2O3S/c17-13-6-15-14(21-9-22-15)5-10(13)4-11(7-18)16(20)19-8-12-2-1-3-23-12/h1-6H,8-9H2,(H,19,20)/b11-4+. The zero-order valence-corrected chi connectivity index (χ0v) is 14.2. The molecule has 3 rings (SSSR count). The summed E-state index contributed by atoms with van der Waals surface area (Å²) >= 11 is 4.96. The van der Waals surface area contributed by atoms with Gasteiger partial charge in [-0.05, 0) is 35.2 Å². The third kappa shape index (κ3) is 3.55. The molecule has 23 heavy (non-hydrogen) atoms. The van der Waals surface area contributed by atoms with Crippen molar-refractivity contribution >= 4 is 39.2 Å². The van der Waals surface area contributed by atoms with Crippen molar-refractivity contribution in [1.29, 1.82) is 5.26 Å². The zero-order valence-electron chi connectivity index (χ0n) is 11.8. The van der Waals surface area contributed by atoms with Crippen LogP contribution in [-0.2, 0) is 11.3 Å². The normalized spacial score (nSPS) is 12.8. The number of amides is 1. The van der Waals surface area contributed by atoms with E-state index in [2.05, 4.69) is 21.2 Å². The van der Waals surface area contributed by atoms with Crippen LogP contribution in [0.5, 0.6) is 11.5 Å². The van der Waals surface area contributed by atoms with Gasteiger partial charge < -0.3 is 14.8 Å². The van der Waals surface area contributed by atoms with Gasteiger partial charge in [-0.3, -0.25) is 4.79 Å². The Balaban J connectivity index is 1.79. The summed E-state index contributed by atoms with van der Waals surface area (Å²) in [5.41, 5.74) is 0.707. The van der Waals surface area contributed by atoms with Crippen molar-refractivity contribution in [1.82, 2.24) is 5.32 Å². The Morgan fingerprint density at radius 2 is 2.22 bits per heavy atom. The van der Waals surface area contributed by atoms with Gasteiger partial charge in [-0.1, -0.05) is 22.0 Å². The van der Waals surface area contributed by atoms with Gasteiger partial charge in [0.15, 0.2) is 11.5 Å². The summed E-state index contributed by atoms with van der Waals surface area (Å²) in [5.74, 6) is 0.816. The van der Waals surface area contributed by atoms with Crippen LogP contribution in [0.15, 0.2) is 39.7 Å². The minimum Gasteiger partial charge on any atom is -0.454 e. The number of halogens is 1. The maximum Gasteiger partial charge on any atom is 0.262 e. The van der Waals surface area contributed by atoms with E-state index in [1.807, 2.05) is 23.6 Å². The molecule has 1 N–H and O–H groups in total. The minimum absolute atomic E-state index is 0.0288. The second-order valence-electron chi connectivity index (χ2n) is 4.66. The highest BCUT2D eigenvalue weighted by molar-refractivity contribution is 9.10. The fourth-order valence-electron chi connectivity index (χ4n) is 2.02. The molecule has 0 fully saturated rings. The first kappa shape index (κ1) is 15.6. The van der Waals surface area contributed by atoms with Gasteiger partial charge in [0.1, 0.15) is 11.6 Å². The predicted molar refractivity (Wildman–Crippen MR) is 90.0 cm³/mol. The average Bonchev–Trinajstić information content (AvgIpc) is 3.21. The van der Waals surface area contributed by atoms with Gasteiger partial charge in [-0.15, -0.1) is 11.3 Å². The number of nitrogens with one attached hydrogen (secondary N) is 1. The molecule has 5 nitrogen and oxygen atoms in total. The third-order valence-electron chi connectivity index (χ3n) is 3.16. The third-order valence-corrected chi connectivity index (χ3v) is 4.72. The first-order chi connectivity index (χ1) is 11.2. The molecule has 1 aromatic heterocycles. The van der Waals surface area contributed by atoms with Gasteiger partial charge in [0, 0.05) is 9.35 Å². The Bertz CT molecular complexity index is 809. The predicted octanol–water partition coefficient (Wildman–Crippen LogP) is 3.46. The zero-order chi connectivity index (χ0) is 16.2. The number of hydrogen-bond donors (Lipinski definition) is 1. The van der Waals surface area contributed by atoms with Gasteiger partial charge >= 0.3 is 0 Å². The number of carbonyl (C=O) groups excluding carboxylic acids is 1. The molecule has 2 aromatic rings. The molecule has 1 aliphatic rings. The molecular formula is C16H11BrN2O3S. The SMILES string of the molecule is N#C/C(=C\c1cc2c(cc1Br)OCO2)C(=O)NCc1cccs1. The average molecular weight is 391 g/mol. The summed E-state index contributed by atoms with van der Waals surface area (Å²) in [6, 6.07) is 9.26. The van der Waals surface area contributed by atoms with E-state index in [4.69, 9.17) is 9.47 Å². The van der Waals surface area contributed by atoms with Gasteiger partial charge in [0.2, 0.25) is 6.79 Å². The largest absolute Gasteiger partial charge is 0.454 e. The first-order valence-corrected chi connectivity index (χ1v) is 8.36. The highest BCUT2D eigenvalue weighted by atomic mass is 79.9. The number of fused-ring (bicyclic) bond motifs is 1. The number of thiophene rings is 1. The Labute approximate surface area is 145 Å². The van der Waals surface area contributed by atoms with Gasteiger partial charge in [0.05, 0.1) is 6.54 Å². The number of nitriles is 1. The molecule has 0 unspecified atom stereocenters. The van der Waals surface area contributed by atoms with Crippen molar-refractivity contribution in [3.8, 4) is 17.6 Å². The number of carbonyl (C=O) groups is 1. The summed E-state index contributed by atoms with van der Waals surface area (Å²) < 4.78 is 11.3. The van der Waals surface area contributed by atoms with E-state index in [9.17, 15) is 10.1 Å². The van der Waals surface area contributed by atoms with Crippen molar-refractivity contribution in [3.63, 3.8) is 0 Å². The molecule has 0 atom stereocenters. The lowest BCUT2D eigenvalue weighted by molar-refractivity contribution is -0.117. The van der Waals surface area contributed by atoms with Gasteiger partial charge in [0.25, 0.3) is 5.91 Å². The molecular weight excluding hydrogens is 380 g/mol. The Morgan fingerprint density at radius 3 is 2.91 bits per heavy atom. The molecule has 1 aliphatic heterocycles. The van der Waals surface area contributed by atoms with E-state index in [0.717, 1.165) is 9.35 Å². The maximum atomic E-state index is 12.2. The van der Waals surface area contributed by atoms with Crippen LogP contribution in [-0.4, -0.2) is 12.7 Å². The molecule has 0 bridgehead atoms. The van der Waals surface area contributed by atoms with Crippen LogP contribution in [0.4, 0.5) is 0 Å². The molecule has 0 radical (unpaired) electrons. The van der Waals surface area contributed by atoms with Crippen LogP contribution in [0.3, 0.4) is 0 Å². The lowest BCUT2D eigenvalue weighted by atomic mass is 10.1. The second kappa shape index (κ2) is 6.86. The molecule has 0 spiro atoms. The second-order valence-corrected chi connectivity index (χ2v) is 6.55. The molecule has 7 heteroatoms. The van der Waals surface area contributed by atoms with Crippen molar-refractivity contribution in [2.75, 3.05) is 6.79 Å². The van der Waals surface area contributed by atoms with E-state index < -0.39 is 5.91 Å². The Hall–Kier alpha value is -2.30. The number of hydrogen-bond acceptors (Lipinski definition) is 5. The maximum absolute atomic E-state index is 12.2. The summed E-state index contributed by atoms with van der Waals surface area (Å²) in [6.45, 7) is 0.569. The van der Waals surface area contributed by atoms with E-state index in [1.165, 1.54) is 6.08 Å². The van der Waals surface area contributed by atoms with Gasteiger partial charge in [-0.2, -0.15) is 5.26 Å². The first-order valence-electron chi connectivity index (χ1n) is 6.69. The van der Waals surface area contributed by atoms with Crippen LogP contribution >= 0.6 is 27.3 Å². The number of benzene rings is 1.